The van der Waals surface area contributed by atoms with Crippen molar-refractivity contribution >= 4 is 16.9 Å². The summed E-state index contributed by atoms with van der Waals surface area (Å²) in [7, 11) is -0.218. The van der Waals surface area contributed by atoms with Crippen LogP contribution in [0.4, 0.5) is 0 Å². The lowest BCUT2D eigenvalue weighted by molar-refractivity contribution is -0.327. The lowest BCUT2D eigenvalue weighted by Gasteiger charge is -2.57. The summed E-state index contributed by atoms with van der Waals surface area (Å²) in [4.78, 5) is 14.9. The largest absolute Gasteiger partial charge is 0.550 e. The van der Waals surface area contributed by atoms with Gasteiger partial charge in [-0.05, 0) is 150 Å². The van der Waals surface area contributed by atoms with Gasteiger partial charge in [0.1, 0.15) is 17.2 Å². The molecule has 4 saturated carbocycles. The first-order chi connectivity index (χ1) is 19.9. The zero-order valence-corrected chi connectivity index (χ0v) is 25.3. The van der Waals surface area contributed by atoms with Crippen LogP contribution in [0.3, 0.4) is 0 Å². The van der Waals surface area contributed by atoms with Crippen LogP contribution in [0.2, 0.25) is 0 Å². The van der Waals surface area contributed by atoms with Crippen LogP contribution in [0, 0.1) is 23.2 Å². The van der Waals surface area contributed by atoms with Gasteiger partial charge >= 0.3 is 0 Å². The van der Waals surface area contributed by atoms with Gasteiger partial charge in [-0.3, -0.25) is 0 Å². The van der Waals surface area contributed by atoms with E-state index in [1.54, 1.807) is 0 Å². The highest BCUT2D eigenvalue weighted by molar-refractivity contribution is 7.97. The van der Waals surface area contributed by atoms with Crippen molar-refractivity contribution in [2.75, 3.05) is 19.8 Å². The lowest BCUT2D eigenvalue weighted by Crippen LogP contribution is -2.54. The fourth-order valence-electron chi connectivity index (χ4n) is 7.28. The van der Waals surface area contributed by atoms with Crippen molar-refractivity contribution in [3.63, 3.8) is 0 Å². The van der Waals surface area contributed by atoms with E-state index >= 15 is 0 Å². The average Bonchev–Trinajstić information content (AvgIpc) is 2.96. The topological polar surface area (TPSA) is 67.8 Å². The van der Waals surface area contributed by atoms with E-state index in [1.165, 1.54) is 33.9 Å². The molecular weight excluding hydrogens is 532 g/mol. The average molecular weight is 575 g/mol. The molecule has 4 aliphatic rings. The van der Waals surface area contributed by atoms with Gasteiger partial charge in [-0.2, -0.15) is 0 Å². The Morgan fingerprint density at radius 3 is 1.17 bits per heavy atom. The molecule has 0 heterocycles. The third kappa shape index (κ3) is 6.86. The normalized spacial score (nSPS) is 24.0. The molecule has 6 heteroatoms. The summed E-state index contributed by atoms with van der Waals surface area (Å²) in [5.41, 5.74) is -0.394. The van der Waals surface area contributed by atoms with Crippen LogP contribution in [-0.2, 0) is 15.7 Å². The van der Waals surface area contributed by atoms with E-state index in [9.17, 15) is 9.90 Å². The Hall–Kier alpha value is -3.12. The predicted molar refractivity (Wildman–Crippen MR) is 161 cm³/mol. The van der Waals surface area contributed by atoms with E-state index in [1.807, 2.05) is 57.2 Å². The van der Waals surface area contributed by atoms with E-state index in [0.29, 0.717) is 37.6 Å². The van der Waals surface area contributed by atoms with Gasteiger partial charge in [0, 0.05) is 11.4 Å². The van der Waals surface area contributed by atoms with Crippen LogP contribution in [0.25, 0.3) is 0 Å². The van der Waals surface area contributed by atoms with E-state index in [0.717, 1.165) is 36.5 Å². The third-order valence-corrected chi connectivity index (χ3v) is 10.8. The van der Waals surface area contributed by atoms with E-state index in [4.69, 9.17) is 14.2 Å². The van der Waals surface area contributed by atoms with Crippen LogP contribution in [-0.4, -0.2) is 25.8 Å². The van der Waals surface area contributed by atoms with Gasteiger partial charge in [-0.25, -0.2) is 0 Å². The molecule has 0 spiro atoms. The number of aliphatic carboxylic acids is 1. The van der Waals surface area contributed by atoms with E-state index in [2.05, 4.69) is 36.4 Å². The molecule has 4 aliphatic carbocycles. The summed E-state index contributed by atoms with van der Waals surface area (Å²) in [5, 5.41) is 11.1. The number of carboxylic acid groups (broad SMARTS) is 1. The zero-order chi connectivity index (χ0) is 28.8. The lowest BCUT2D eigenvalue weighted by atomic mass is 9.49. The second-order valence-electron chi connectivity index (χ2n) is 11.5. The molecular formula is C35H42O5S. The first kappa shape index (κ1) is 29.4. The molecule has 0 aromatic heterocycles. The molecule has 3 aromatic carbocycles. The monoisotopic (exact) mass is 574 g/mol. The first-order valence-corrected chi connectivity index (χ1v) is 16.3. The van der Waals surface area contributed by atoms with E-state index < -0.39 is 11.4 Å². The standard InChI is InChI=1S/C24H27O3S.C11H16O2/c1-4-25-19-7-13-22(14-8-19)28(23-15-9-20(10-16-23)26-5-2)24-17-11-21(12-18-24)27-6-3;12-10(13)11-4-7-1-8(5-11)3-9(2-7)6-11/h7-18H,4-6H2,1-3H3;7-9H,1-6H2,(H,12,13)/q+1;/p-1. The van der Waals surface area contributed by atoms with Gasteiger partial charge < -0.3 is 24.1 Å². The van der Waals surface area contributed by atoms with Crippen molar-refractivity contribution in [3.8, 4) is 17.2 Å². The second-order valence-corrected chi connectivity index (χ2v) is 13.5. The molecule has 3 aromatic rings. The van der Waals surface area contributed by atoms with Gasteiger partial charge in [0.2, 0.25) is 0 Å². The third-order valence-electron chi connectivity index (χ3n) is 8.58. The molecule has 41 heavy (non-hydrogen) atoms. The molecule has 5 nitrogen and oxygen atoms in total. The Morgan fingerprint density at radius 1 is 0.634 bits per heavy atom. The number of ether oxygens (including phenoxy) is 3. The minimum Gasteiger partial charge on any atom is -0.550 e. The molecule has 0 N–H and O–H groups in total. The number of hydrogen-bond acceptors (Lipinski definition) is 5. The SMILES string of the molecule is CCOc1ccc([S+](c2ccc(OCC)cc2)c2ccc(OCC)cc2)cc1.O=C([O-])C12CC3CC(CC(C3)C1)C2. The van der Waals surface area contributed by atoms with Crippen LogP contribution in [0.5, 0.6) is 17.2 Å². The molecule has 4 bridgehead atoms. The van der Waals surface area contributed by atoms with Gasteiger partial charge in [0.25, 0.3) is 0 Å². The Morgan fingerprint density at radius 2 is 0.927 bits per heavy atom. The minimum absolute atomic E-state index is 0.218. The van der Waals surface area contributed by atoms with E-state index in [-0.39, 0.29) is 10.9 Å². The number of carbonyl (C=O) groups is 1. The summed E-state index contributed by atoms with van der Waals surface area (Å²) < 4.78 is 16.8. The maximum atomic E-state index is 11.1. The summed E-state index contributed by atoms with van der Waals surface area (Å²) in [6.07, 6.45) is 6.65. The number of carboxylic acids is 1. The van der Waals surface area contributed by atoms with Crippen molar-refractivity contribution in [2.24, 2.45) is 23.2 Å². The minimum atomic E-state index is -0.758. The van der Waals surface area contributed by atoms with Crippen molar-refractivity contribution in [1.82, 2.24) is 0 Å². The Balaban J connectivity index is 0.000000213. The maximum absolute atomic E-state index is 11.1. The molecule has 0 unspecified atom stereocenters. The highest BCUT2D eigenvalue weighted by Gasteiger charge is 2.51. The van der Waals surface area contributed by atoms with Crippen LogP contribution < -0.4 is 19.3 Å². The fourth-order valence-corrected chi connectivity index (χ4v) is 9.33. The van der Waals surface area contributed by atoms with Crippen molar-refractivity contribution < 1.29 is 24.1 Å². The Kier molecular flexibility index (Phi) is 9.49. The highest BCUT2D eigenvalue weighted by atomic mass is 32.2. The Labute approximate surface area is 247 Å². The van der Waals surface area contributed by atoms with Gasteiger partial charge in [0.15, 0.2) is 14.7 Å². The van der Waals surface area contributed by atoms with Crippen LogP contribution >= 0.6 is 0 Å². The Bertz CT molecular complexity index is 1120. The summed E-state index contributed by atoms with van der Waals surface area (Å²) in [6, 6.07) is 25.2. The zero-order valence-electron chi connectivity index (χ0n) is 24.5. The van der Waals surface area contributed by atoms with Crippen molar-refractivity contribution in [2.45, 2.75) is 74.0 Å². The van der Waals surface area contributed by atoms with Crippen molar-refractivity contribution in [1.29, 1.82) is 0 Å². The molecule has 0 radical (unpaired) electrons. The molecule has 0 amide bonds. The number of hydrogen-bond donors (Lipinski definition) is 0. The summed E-state index contributed by atoms with van der Waals surface area (Å²) in [6.45, 7) is 8.00. The number of carbonyl (C=O) groups excluding carboxylic acids is 1. The fraction of sp³-hybridized carbons (Fsp3) is 0.457. The quantitative estimate of drug-likeness (QED) is 0.246. The molecule has 7 rings (SSSR count). The van der Waals surface area contributed by atoms with Crippen molar-refractivity contribution in [3.05, 3.63) is 72.8 Å². The second kappa shape index (κ2) is 13.2. The predicted octanol–water partition coefficient (Wildman–Crippen LogP) is 6.93. The van der Waals surface area contributed by atoms with Crippen LogP contribution in [0.1, 0.15) is 59.3 Å². The molecule has 0 atom stereocenters. The number of benzene rings is 3. The van der Waals surface area contributed by atoms with Crippen LogP contribution in [0.15, 0.2) is 87.5 Å². The maximum Gasteiger partial charge on any atom is 0.166 e. The number of rotatable bonds is 10. The molecule has 4 fully saturated rings. The van der Waals surface area contributed by atoms with Gasteiger partial charge in [-0.1, -0.05) is 0 Å². The first-order valence-electron chi connectivity index (χ1n) is 15.1. The molecule has 0 saturated heterocycles. The highest BCUT2D eigenvalue weighted by Crippen LogP contribution is 2.59. The van der Waals surface area contributed by atoms with Gasteiger partial charge in [-0.15, -0.1) is 0 Å². The molecule has 0 aliphatic heterocycles. The van der Waals surface area contributed by atoms with Gasteiger partial charge in [0.05, 0.1) is 30.7 Å². The molecule has 218 valence electrons. The summed E-state index contributed by atoms with van der Waals surface area (Å²) in [5.74, 6) is 4.07. The summed E-state index contributed by atoms with van der Waals surface area (Å²) >= 11 is 0. The smallest absolute Gasteiger partial charge is 0.166 e.